The number of fused-ring (bicyclic) bond motifs is 1. The molecule has 1 aliphatic heterocycles. The minimum atomic E-state index is -0.825. The van der Waals surface area contributed by atoms with Crippen LogP contribution in [0, 0.1) is 11.6 Å². The Kier molecular flexibility index (Phi) is 7.40. The number of H-pyrrole nitrogens is 1. The molecular weight excluding hydrogens is 540 g/mol. The van der Waals surface area contributed by atoms with E-state index < -0.39 is 11.6 Å². The maximum Gasteiger partial charge on any atom is 0.274 e. The molecule has 10 heteroatoms. The van der Waals surface area contributed by atoms with E-state index in [4.69, 9.17) is 4.74 Å². The van der Waals surface area contributed by atoms with Gasteiger partial charge in [-0.1, -0.05) is 0 Å². The second-order valence-electron chi connectivity index (χ2n) is 10.7. The fourth-order valence-electron chi connectivity index (χ4n) is 5.23. The first-order valence-electron chi connectivity index (χ1n) is 13.7. The monoisotopic (exact) mass is 571 g/mol. The Morgan fingerprint density at radius 2 is 1.60 bits per heavy atom. The largest absolute Gasteiger partial charge is 0.508 e. The zero-order valence-electron chi connectivity index (χ0n) is 23.3. The first kappa shape index (κ1) is 27.5. The normalized spacial score (nSPS) is 14.4. The zero-order chi connectivity index (χ0) is 29.4. The number of hydrogen-bond acceptors (Lipinski definition) is 6. The van der Waals surface area contributed by atoms with E-state index in [9.17, 15) is 18.7 Å². The topological polar surface area (TPSA) is 85.8 Å². The Balaban J connectivity index is 1.45. The van der Waals surface area contributed by atoms with Gasteiger partial charge >= 0.3 is 0 Å². The number of phenols is 1. The number of likely N-dealkylation sites (N-methyl/N-ethyl adjacent to an activating group) is 1. The van der Waals surface area contributed by atoms with E-state index in [0.717, 1.165) is 49.7 Å². The molecule has 1 aliphatic rings. The van der Waals surface area contributed by atoms with Gasteiger partial charge in [0.25, 0.3) is 5.56 Å². The molecule has 6 rings (SSSR count). The molecule has 2 aromatic heterocycles. The van der Waals surface area contributed by atoms with Gasteiger partial charge in [-0.25, -0.2) is 8.78 Å². The molecule has 1 fully saturated rings. The molecule has 0 aliphatic carbocycles. The van der Waals surface area contributed by atoms with Crippen LogP contribution in [-0.2, 0) is 13.6 Å². The van der Waals surface area contributed by atoms with Crippen LogP contribution in [0.3, 0.4) is 0 Å². The number of hydrogen-bond donors (Lipinski definition) is 3. The van der Waals surface area contributed by atoms with E-state index in [-0.39, 0.29) is 17.1 Å². The molecular formula is C32H31F2N5O3. The molecule has 3 aromatic carbocycles. The average molecular weight is 572 g/mol. The summed E-state index contributed by atoms with van der Waals surface area (Å²) in [6.07, 6.45) is 1.74. The van der Waals surface area contributed by atoms with Gasteiger partial charge in [0.2, 0.25) is 0 Å². The zero-order valence-corrected chi connectivity index (χ0v) is 23.3. The lowest BCUT2D eigenvalue weighted by atomic mass is 10.0. The van der Waals surface area contributed by atoms with Crippen LogP contribution < -0.4 is 15.6 Å². The van der Waals surface area contributed by atoms with E-state index in [2.05, 4.69) is 27.1 Å². The minimum Gasteiger partial charge on any atom is -0.508 e. The molecule has 0 unspecified atom stereocenters. The molecule has 3 N–H and O–H groups in total. The van der Waals surface area contributed by atoms with Gasteiger partial charge in [0.05, 0.1) is 0 Å². The van der Waals surface area contributed by atoms with Crippen molar-refractivity contribution in [3.05, 3.63) is 101 Å². The average Bonchev–Trinajstić information content (AvgIpc) is 3.39. The number of rotatable bonds is 7. The quantitative estimate of drug-likeness (QED) is 0.214. The minimum absolute atomic E-state index is 0.122. The molecule has 3 heterocycles. The summed E-state index contributed by atoms with van der Waals surface area (Å²) in [4.78, 5) is 21.2. The summed E-state index contributed by atoms with van der Waals surface area (Å²) in [5, 5.41) is 13.7. The number of piperazine rings is 1. The van der Waals surface area contributed by atoms with Gasteiger partial charge in [-0.15, -0.1) is 0 Å². The number of aromatic hydroxyl groups is 1. The lowest BCUT2D eigenvalue weighted by Gasteiger charge is -2.31. The summed E-state index contributed by atoms with van der Waals surface area (Å²) < 4.78 is 35.8. The Bertz CT molecular complexity index is 1810. The number of aromatic amines is 1. The number of nitrogens with zero attached hydrogens (tertiary/aromatic N) is 3. The van der Waals surface area contributed by atoms with Crippen molar-refractivity contribution in [3.63, 3.8) is 0 Å². The van der Waals surface area contributed by atoms with E-state index in [1.165, 1.54) is 10.6 Å². The van der Waals surface area contributed by atoms with Gasteiger partial charge in [0.1, 0.15) is 22.8 Å². The van der Waals surface area contributed by atoms with E-state index >= 15 is 0 Å². The Labute approximate surface area is 241 Å². The Morgan fingerprint density at radius 1 is 0.881 bits per heavy atom. The summed E-state index contributed by atoms with van der Waals surface area (Å²) in [7, 11) is 3.79. The molecule has 0 atom stereocenters. The number of nitrogens with one attached hydrogen (secondary N) is 2. The highest BCUT2D eigenvalue weighted by Gasteiger charge is 2.20. The van der Waals surface area contributed by atoms with Crippen LogP contribution in [0.25, 0.3) is 22.0 Å². The van der Waals surface area contributed by atoms with Crippen LogP contribution in [-0.4, -0.2) is 57.7 Å². The van der Waals surface area contributed by atoms with Crippen molar-refractivity contribution in [3.8, 4) is 28.4 Å². The predicted molar refractivity (Wildman–Crippen MR) is 160 cm³/mol. The smallest absolute Gasteiger partial charge is 0.274 e. The van der Waals surface area contributed by atoms with Crippen LogP contribution in [0.1, 0.15) is 5.69 Å². The highest BCUT2D eigenvalue weighted by molar-refractivity contribution is 5.97. The van der Waals surface area contributed by atoms with Crippen molar-refractivity contribution in [2.45, 2.75) is 6.54 Å². The lowest BCUT2D eigenvalue weighted by molar-refractivity contribution is 0.147. The number of ether oxygens (including phenoxy) is 1. The molecule has 0 saturated carbocycles. The van der Waals surface area contributed by atoms with Crippen LogP contribution in [0.5, 0.6) is 17.2 Å². The van der Waals surface area contributed by atoms with Crippen LogP contribution >= 0.6 is 0 Å². The number of aryl methyl sites for hydroxylation is 1. The van der Waals surface area contributed by atoms with Crippen molar-refractivity contribution in [2.24, 2.45) is 7.05 Å². The highest BCUT2D eigenvalue weighted by Crippen LogP contribution is 2.40. The standard InChI is InChI=1S/C32H31F2N5O3/c1-37-11-13-39(14-12-37)18-23-17-26-27(19-38(2)32(41)31(26)36-23)25-16-22(35-21-4-7-24(40)8-5-21)6-10-29(25)42-30-9-3-20(33)15-28(30)34/h3-10,15-17,19,35-36,40H,11-14,18H2,1-2H3. The molecule has 0 radical (unpaired) electrons. The van der Waals surface area contributed by atoms with Crippen molar-refractivity contribution >= 4 is 22.3 Å². The molecule has 0 spiro atoms. The van der Waals surface area contributed by atoms with E-state index in [0.29, 0.717) is 40.0 Å². The maximum atomic E-state index is 14.6. The second kappa shape index (κ2) is 11.3. The fraction of sp³-hybridized carbons (Fsp3) is 0.219. The molecule has 8 nitrogen and oxygen atoms in total. The van der Waals surface area contributed by atoms with Gasteiger partial charge in [0.15, 0.2) is 11.6 Å². The summed E-state index contributed by atoms with van der Waals surface area (Å²) in [5.41, 5.74) is 3.99. The van der Waals surface area contributed by atoms with Crippen LogP contribution in [0.15, 0.2) is 77.7 Å². The van der Waals surface area contributed by atoms with Crippen molar-refractivity contribution in [2.75, 3.05) is 38.5 Å². The second-order valence-corrected chi connectivity index (χ2v) is 10.7. The fourth-order valence-corrected chi connectivity index (χ4v) is 5.23. The van der Waals surface area contributed by atoms with Crippen molar-refractivity contribution < 1.29 is 18.6 Å². The number of anilines is 2. The van der Waals surface area contributed by atoms with Crippen LogP contribution in [0.2, 0.25) is 0 Å². The van der Waals surface area contributed by atoms with Gasteiger partial charge in [0, 0.05) is 85.6 Å². The molecule has 0 amide bonds. The third kappa shape index (κ3) is 5.72. The number of aromatic nitrogens is 2. The first-order chi connectivity index (χ1) is 20.2. The molecule has 216 valence electrons. The number of pyridine rings is 1. The highest BCUT2D eigenvalue weighted by atomic mass is 19.1. The SMILES string of the molecule is CN1CCN(Cc2cc3c(-c4cc(Nc5ccc(O)cc5)ccc4Oc4ccc(F)cc4F)cn(C)c(=O)c3[nH]2)CC1. The number of halogens is 2. The van der Waals surface area contributed by atoms with Gasteiger partial charge < -0.3 is 29.6 Å². The summed E-state index contributed by atoms with van der Waals surface area (Å²) in [6.45, 7) is 4.51. The third-order valence-electron chi connectivity index (χ3n) is 7.55. The predicted octanol–water partition coefficient (Wildman–Crippen LogP) is 5.80. The number of phenolic OH excluding ortho intramolecular Hbond substituents is 1. The third-order valence-corrected chi connectivity index (χ3v) is 7.55. The molecule has 5 aromatic rings. The van der Waals surface area contributed by atoms with Crippen molar-refractivity contribution in [1.82, 2.24) is 19.4 Å². The summed E-state index contributed by atoms with van der Waals surface area (Å²) >= 11 is 0. The van der Waals surface area contributed by atoms with Gasteiger partial charge in [-0.05, 0) is 67.7 Å². The van der Waals surface area contributed by atoms with Gasteiger partial charge in [-0.3, -0.25) is 9.69 Å². The Morgan fingerprint density at radius 3 is 2.33 bits per heavy atom. The lowest BCUT2D eigenvalue weighted by Crippen LogP contribution is -2.43. The number of benzene rings is 3. The first-order valence-corrected chi connectivity index (χ1v) is 13.7. The molecule has 1 saturated heterocycles. The Hall–Kier alpha value is -4.67. The molecule has 0 bridgehead atoms. The summed E-state index contributed by atoms with van der Waals surface area (Å²) in [6, 6.07) is 17.1. The van der Waals surface area contributed by atoms with E-state index in [1.807, 2.05) is 12.1 Å². The van der Waals surface area contributed by atoms with E-state index in [1.54, 1.807) is 49.6 Å². The van der Waals surface area contributed by atoms with Gasteiger partial charge in [-0.2, -0.15) is 0 Å². The maximum absolute atomic E-state index is 14.6. The summed E-state index contributed by atoms with van der Waals surface area (Å²) in [5.74, 6) is -1.16. The van der Waals surface area contributed by atoms with Crippen LogP contribution in [0.4, 0.5) is 20.2 Å². The van der Waals surface area contributed by atoms with Crippen molar-refractivity contribution in [1.29, 1.82) is 0 Å². The molecule has 42 heavy (non-hydrogen) atoms.